The van der Waals surface area contributed by atoms with E-state index >= 15 is 0 Å². The lowest BCUT2D eigenvalue weighted by molar-refractivity contribution is -0.0706. The van der Waals surface area contributed by atoms with E-state index in [0.717, 1.165) is 35.8 Å². The standard InChI is InChI=1S/C21H31NO2/c1-14(21-10-15-7-16(11-21)9-17(8-15)12-21)22-13-18-5-4-6-19(23-2)20(18)24-3/h4-6,14-17,22H,7-13H2,1-3H3/t14-,15?,16?,17?,21?/m1/s1. The smallest absolute Gasteiger partial charge is 0.165 e. The van der Waals surface area contributed by atoms with Crippen LogP contribution in [0.3, 0.4) is 0 Å². The van der Waals surface area contributed by atoms with Gasteiger partial charge in [0.2, 0.25) is 0 Å². The molecule has 1 atom stereocenters. The molecule has 0 heterocycles. The fourth-order valence-electron chi connectivity index (χ4n) is 6.28. The molecule has 132 valence electrons. The Bertz CT molecular complexity index is 562. The molecule has 4 fully saturated rings. The fourth-order valence-corrected chi connectivity index (χ4v) is 6.28. The van der Waals surface area contributed by atoms with Crippen LogP contribution in [-0.4, -0.2) is 20.3 Å². The van der Waals surface area contributed by atoms with Crippen molar-refractivity contribution in [3.8, 4) is 11.5 Å². The molecule has 1 aromatic carbocycles. The van der Waals surface area contributed by atoms with Crippen LogP contribution < -0.4 is 14.8 Å². The van der Waals surface area contributed by atoms with Crippen molar-refractivity contribution in [3.05, 3.63) is 23.8 Å². The summed E-state index contributed by atoms with van der Waals surface area (Å²) >= 11 is 0. The van der Waals surface area contributed by atoms with Gasteiger partial charge in [0.1, 0.15) is 0 Å². The van der Waals surface area contributed by atoms with E-state index in [1.54, 1.807) is 14.2 Å². The number of rotatable bonds is 6. The summed E-state index contributed by atoms with van der Waals surface area (Å²) in [5.74, 6) is 4.70. The van der Waals surface area contributed by atoms with Crippen LogP contribution in [0.25, 0.3) is 0 Å². The highest BCUT2D eigenvalue weighted by Crippen LogP contribution is 2.61. The summed E-state index contributed by atoms with van der Waals surface area (Å²) in [7, 11) is 3.43. The summed E-state index contributed by atoms with van der Waals surface area (Å²) in [6.45, 7) is 3.27. The van der Waals surface area contributed by atoms with Crippen LogP contribution >= 0.6 is 0 Å². The summed E-state index contributed by atoms with van der Waals surface area (Å²) in [5, 5.41) is 3.85. The van der Waals surface area contributed by atoms with Gasteiger partial charge >= 0.3 is 0 Å². The monoisotopic (exact) mass is 329 g/mol. The zero-order valence-corrected chi connectivity index (χ0v) is 15.3. The van der Waals surface area contributed by atoms with Crippen molar-refractivity contribution >= 4 is 0 Å². The average molecular weight is 329 g/mol. The lowest BCUT2D eigenvalue weighted by Crippen LogP contribution is -2.54. The number of hydrogen-bond acceptors (Lipinski definition) is 3. The Morgan fingerprint density at radius 1 is 1.04 bits per heavy atom. The Kier molecular flexibility index (Phi) is 4.24. The average Bonchev–Trinajstić information content (AvgIpc) is 2.57. The minimum absolute atomic E-state index is 0.543. The molecule has 4 saturated carbocycles. The van der Waals surface area contributed by atoms with E-state index in [-0.39, 0.29) is 0 Å². The van der Waals surface area contributed by atoms with E-state index < -0.39 is 0 Å². The van der Waals surface area contributed by atoms with Crippen LogP contribution in [0.4, 0.5) is 0 Å². The summed E-state index contributed by atoms with van der Waals surface area (Å²) in [4.78, 5) is 0. The second-order valence-electron chi connectivity index (χ2n) is 8.54. The Morgan fingerprint density at radius 3 is 2.21 bits per heavy atom. The third kappa shape index (κ3) is 2.71. The first-order valence-corrected chi connectivity index (χ1v) is 9.57. The summed E-state index contributed by atoms with van der Waals surface area (Å²) in [6, 6.07) is 6.72. The van der Waals surface area contributed by atoms with E-state index in [0.29, 0.717) is 11.5 Å². The number of nitrogens with one attached hydrogen (secondary N) is 1. The Morgan fingerprint density at radius 2 is 1.67 bits per heavy atom. The molecule has 5 rings (SSSR count). The molecule has 4 bridgehead atoms. The largest absolute Gasteiger partial charge is 0.493 e. The summed E-state index contributed by atoms with van der Waals surface area (Å²) < 4.78 is 11.0. The van der Waals surface area contributed by atoms with Gasteiger partial charge in [0.25, 0.3) is 0 Å². The molecule has 3 nitrogen and oxygen atoms in total. The maximum atomic E-state index is 5.58. The maximum Gasteiger partial charge on any atom is 0.165 e. The third-order valence-corrected chi connectivity index (χ3v) is 7.09. The zero-order valence-electron chi connectivity index (χ0n) is 15.3. The molecule has 1 aromatic rings. The van der Waals surface area contributed by atoms with E-state index in [2.05, 4.69) is 18.3 Å². The van der Waals surface area contributed by atoms with Gasteiger partial charge in [-0.1, -0.05) is 12.1 Å². The minimum atomic E-state index is 0.543. The van der Waals surface area contributed by atoms with Gasteiger partial charge in [-0.3, -0.25) is 0 Å². The number of hydrogen-bond donors (Lipinski definition) is 1. The van der Waals surface area contributed by atoms with E-state index in [1.807, 2.05) is 12.1 Å². The first-order chi connectivity index (χ1) is 11.6. The van der Waals surface area contributed by atoms with Crippen molar-refractivity contribution in [1.82, 2.24) is 5.32 Å². The highest BCUT2D eigenvalue weighted by molar-refractivity contribution is 5.46. The number of para-hydroxylation sites is 1. The molecule has 0 amide bonds. The van der Waals surface area contributed by atoms with E-state index in [9.17, 15) is 0 Å². The highest BCUT2D eigenvalue weighted by atomic mass is 16.5. The van der Waals surface area contributed by atoms with Gasteiger partial charge in [0.15, 0.2) is 11.5 Å². The van der Waals surface area contributed by atoms with Crippen LogP contribution in [0.5, 0.6) is 11.5 Å². The number of benzene rings is 1. The van der Waals surface area contributed by atoms with Crippen molar-refractivity contribution in [2.45, 2.75) is 58.0 Å². The first-order valence-electron chi connectivity index (χ1n) is 9.57. The molecule has 4 aliphatic carbocycles. The molecular weight excluding hydrogens is 298 g/mol. The van der Waals surface area contributed by atoms with Crippen molar-refractivity contribution in [1.29, 1.82) is 0 Å². The van der Waals surface area contributed by atoms with Gasteiger partial charge in [0, 0.05) is 18.2 Å². The Labute approximate surface area is 146 Å². The third-order valence-electron chi connectivity index (χ3n) is 7.09. The second kappa shape index (κ2) is 6.25. The van der Waals surface area contributed by atoms with Crippen molar-refractivity contribution in [2.24, 2.45) is 23.2 Å². The molecule has 3 heteroatoms. The lowest BCUT2D eigenvalue weighted by Gasteiger charge is -2.59. The molecular formula is C21H31NO2. The van der Waals surface area contributed by atoms with Gasteiger partial charge < -0.3 is 14.8 Å². The second-order valence-corrected chi connectivity index (χ2v) is 8.54. The minimum Gasteiger partial charge on any atom is -0.493 e. The predicted octanol–water partition coefficient (Wildman–Crippen LogP) is 4.40. The van der Waals surface area contributed by atoms with E-state index in [4.69, 9.17) is 9.47 Å². The van der Waals surface area contributed by atoms with Crippen LogP contribution in [-0.2, 0) is 6.54 Å². The molecule has 4 aliphatic rings. The van der Waals surface area contributed by atoms with E-state index in [1.165, 1.54) is 44.1 Å². The zero-order chi connectivity index (χ0) is 16.7. The molecule has 0 unspecified atom stereocenters. The quantitative estimate of drug-likeness (QED) is 0.839. The SMILES string of the molecule is COc1cccc(CN[C@H](C)C23CC4CC(CC(C4)C2)C3)c1OC. The van der Waals surface area contributed by atoms with Crippen LogP contribution in [0, 0.1) is 23.2 Å². The topological polar surface area (TPSA) is 30.5 Å². The van der Waals surface area contributed by atoms with Gasteiger partial charge in [0.05, 0.1) is 14.2 Å². The molecule has 24 heavy (non-hydrogen) atoms. The Hall–Kier alpha value is -1.22. The van der Waals surface area contributed by atoms with Crippen molar-refractivity contribution in [2.75, 3.05) is 14.2 Å². The first kappa shape index (κ1) is 16.3. The molecule has 0 aliphatic heterocycles. The lowest BCUT2D eigenvalue weighted by atomic mass is 9.48. The van der Waals surface area contributed by atoms with Crippen LogP contribution in [0.15, 0.2) is 18.2 Å². The van der Waals surface area contributed by atoms with Gasteiger partial charge in [-0.05, 0) is 74.7 Å². The molecule has 0 saturated heterocycles. The maximum absolute atomic E-state index is 5.58. The van der Waals surface area contributed by atoms with Crippen molar-refractivity contribution in [3.63, 3.8) is 0 Å². The van der Waals surface area contributed by atoms with Gasteiger partial charge in [-0.15, -0.1) is 0 Å². The van der Waals surface area contributed by atoms with Crippen molar-refractivity contribution < 1.29 is 9.47 Å². The van der Waals surface area contributed by atoms with Gasteiger partial charge in [-0.2, -0.15) is 0 Å². The number of ether oxygens (including phenoxy) is 2. The highest BCUT2D eigenvalue weighted by Gasteiger charge is 2.52. The summed E-state index contributed by atoms with van der Waals surface area (Å²) in [6.07, 6.45) is 8.87. The molecule has 0 spiro atoms. The van der Waals surface area contributed by atoms with Crippen LogP contribution in [0.1, 0.15) is 51.0 Å². The predicted molar refractivity (Wildman–Crippen MR) is 96.5 cm³/mol. The van der Waals surface area contributed by atoms with Crippen LogP contribution in [0.2, 0.25) is 0 Å². The number of methoxy groups -OCH3 is 2. The normalized spacial score (nSPS) is 35.0. The van der Waals surface area contributed by atoms with Gasteiger partial charge in [-0.25, -0.2) is 0 Å². The summed E-state index contributed by atoms with van der Waals surface area (Å²) in [5.41, 5.74) is 1.73. The Balaban J connectivity index is 1.47. The molecule has 0 radical (unpaired) electrons. The fraction of sp³-hybridized carbons (Fsp3) is 0.714. The molecule has 0 aromatic heterocycles. The molecule has 1 N–H and O–H groups in total.